The summed E-state index contributed by atoms with van der Waals surface area (Å²) in [6, 6.07) is 9.40. The van der Waals surface area contributed by atoms with Gasteiger partial charge in [0.1, 0.15) is 12.9 Å². The Bertz CT molecular complexity index is 324. The number of carbonyl (C=O) groups excluding carboxylic acids is 2. The van der Waals surface area contributed by atoms with Gasteiger partial charge in [-0.3, -0.25) is 4.79 Å². The number of ether oxygens (including phenoxy) is 1. The van der Waals surface area contributed by atoms with Crippen LogP contribution in [-0.4, -0.2) is 17.1 Å². The zero-order chi connectivity index (χ0) is 11.1. The molecule has 1 rings (SSSR count). The van der Waals surface area contributed by atoms with Crippen LogP contribution >= 0.6 is 15.9 Å². The number of aldehydes is 1. The Morgan fingerprint density at radius 2 is 2.07 bits per heavy atom. The number of esters is 1. The second-order valence-corrected chi connectivity index (χ2v) is 4.18. The number of alkyl halides is 1. The van der Waals surface area contributed by atoms with Gasteiger partial charge in [0.2, 0.25) is 0 Å². The van der Waals surface area contributed by atoms with E-state index in [1.54, 1.807) is 0 Å². The first-order chi connectivity index (χ1) is 7.22. The zero-order valence-electron chi connectivity index (χ0n) is 8.06. The number of benzene rings is 1. The largest absolute Gasteiger partial charge is 0.461 e. The summed E-state index contributed by atoms with van der Waals surface area (Å²) in [7, 11) is 0. The molecule has 0 fully saturated rings. The molecule has 1 atom stereocenters. The summed E-state index contributed by atoms with van der Waals surface area (Å²) in [5, 5.41) is 0. The van der Waals surface area contributed by atoms with Gasteiger partial charge in [-0.15, -0.1) is 0 Å². The Morgan fingerprint density at radius 1 is 1.40 bits per heavy atom. The van der Waals surface area contributed by atoms with Crippen LogP contribution in [0.15, 0.2) is 30.3 Å². The molecule has 0 radical (unpaired) electrons. The molecule has 0 saturated heterocycles. The number of rotatable bonds is 5. The first-order valence-corrected chi connectivity index (χ1v) is 5.43. The van der Waals surface area contributed by atoms with Crippen LogP contribution in [0, 0.1) is 0 Å². The molecule has 0 spiro atoms. The maximum absolute atomic E-state index is 11.2. The van der Waals surface area contributed by atoms with E-state index >= 15 is 0 Å². The maximum Gasteiger partial charge on any atom is 0.307 e. The molecular formula is C11H11BrO3. The minimum Gasteiger partial charge on any atom is -0.461 e. The van der Waals surface area contributed by atoms with E-state index < -0.39 is 4.83 Å². The van der Waals surface area contributed by atoms with Crippen LogP contribution in [0.5, 0.6) is 0 Å². The lowest BCUT2D eigenvalue weighted by Crippen LogP contribution is -2.11. The Labute approximate surface area is 96.6 Å². The van der Waals surface area contributed by atoms with Crippen LogP contribution < -0.4 is 0 Å². The SMILES string of the molecule is O=CC(Br)CC(=O)OCc1ccccc1. The predicted molar refractivity (Wildman–Crippen MR) is 59.6 cm³/mol. The molecule has 0 aliphatic rings. The van der Waals surface area contributed by atoms with Gasteiger partial charge < -0.3 is 9.53 Å². The highest BCUT2D eigenvalue weighted by Gasteiger charge is 2.10. The summed E-state index contributed by atoms with van der Waals surface area (Å²) in [5.41, 5.74) is 0.933. The lowest BCUT2D eigenvalue weighted by Gasteiger charge is -2.05. The van der Waals surface area contributed by atoms with E-state index in [9.17, 15) is 9.59 Å². The van der Waals surface area contributed by atoms with Crippen molar-refractivity contribution in [3.05, 3.63) is 35.9 Å². The fourth-order valence-corrected chi connectivity index (χ4v) is 1.27. The number of carbonyl (C=O) groups is 2. The first kappa shape index (κ1) is 11.9. The number of hydrogen-bond acceptors (Lipinski definition) is 3. The van der Waals surface area contributed by atoms with Gasteiger partial charge in [0.15, 0.2) is 0 Å². The van der Waals surface area contributed by atoms with Gasteiger partial charge in [-0.05, 0) is 5.56 Å². The predicted octanol–water partition coefficient (Wildman–Crippen LogP) is 2.08. The van der Waals surface area contributed by atoms with Crippen molar-refractivity contribution in [3.8, 4) is 0 Å². The van der Waals surface area contributed by atoms with Crippen molar-refractivity contribution >= 4 is 28.2 Å². The van der Waals surface area contributed by atoms with Gasteiger partial charge in [-0.25, -0.2) is 0 Å². The van der Waals surface area contributed by atoms with Gasteiger partial charge in [-0.1, -0.05) is 46.3 Å². The molecular weight excluding hydrogens is 260 g/mol. The Kier molecular flexibility index (Phi) is 5.04. The monoisotopic (exact) mass is 270 g/mol. The van der Waals surface area contributed by atoms with E-state index in [-0.39, 0.29) is 19.0 Å². The average Bonchev–Trinajstić information content (AvgIpc) is 2.27. The van der Waals surface area contributed by atoms with Crippen molar-refractivity contribution in [2.24, 2.45) is 0 Å². The minimum absolute atomic E-state index is 0.0658. The van der Waals surface area contributed by atoms with Crippen LogP contribution in [0.3, 0.4) is 0 Å². The smallest absolute Gasteiger partial charge is 0.307 e. The van der Waals surface area contributed by atoms with Crippen LogP contribution in [0.25, 0.3) is 0 Å². The zero-order valence-corrected chi connectivity index (χ0v) is 9.64. The third-order valence-electron chi connectivity index (χ3n) is 1.75. The average molecular weight is 271 g/mol. The second-order valence-electron chi connectivity index (χ2n) is 3.00. The molecule has 4 heteroatoms. The van der Waals surface area contributed by atoms with Gasteiger partial charge in [0.05, 0.1) is 11.2 Å². The molecule has 0 amide bonds. The molecule has 0 heterocycles. The maximum atomic E-state index is 11.2. The Morgan fingerprint density at radius 3 is 2.67 bits per heavy atom. The molecule has 0 saturated carbocycles. The normalized spacial score (nSPS) is 11.8. The van der Waals surface area contributed by atoms with Crippen molar-refractivity contribution in [3.63, 3.8) is 0 Å². The van der Waals surface area contributed by atoms with Gasteiger partial charge in [0, 0.05) is 0 Å². The van der Waals surface area contributed by atoms with E-state index in [1.165, 1.54) is 0 Å². The van der Waals surface area contributed by atoms with Crippen molar-refractivity contribution in [2.45, 2.75) is 17.9 Å². The second kappa shape index (κ2) is 6.35. The topological polar surface area (TPSA) is 43.4 Å². The van der Waals surface area contributed by atoms with Crippen LogP contribution in [0.2, 0.25) is 0 Å². The fourth-order valence-electron chi connectivity index (χ4n) is 1.00. The van der Waals surface area contributed by atoms with E-state index in [2.05, 4.69) is 15.9 Å². The van der Waals surface area contributed by atoms with Gasteiger partial charge in [-0.2, -0.15) is 0 Å². The summed E-state index contributed by atoms with van der Waals surface area (Å²) >= 11 is 3.03. The van der Waals surface area contributed by atoms with Gasteiger partial charge >= 0.3 is 5.97 Å². The molecule has 1 aromatic carbocycles. The van der Waals surface area contributed by atoms with Crippen LogP contribution in [-0.2, 0) is 20.9 Å². The van der Waals surface area contributed by atoms with Crippen molar-refractivity contribution in [2.75, 3.05) is 0 Å². The molecule has 0 N–H and O–H groups in total. The highest BCUT2D eigenvalue weighted by Crippen LogP contribution is 2.06. The molecule has 80 valence electrons. The number of hydrogen-bond donors (Lipinski definition) is 0. The summed E-state index contributed by atoms with van der Waals surface area (Å²) in [4.78, 5) is 21.0. The van der Waals surface area contributed by atoms with E-state index in [1.807, 2.05) is 30.3 Å². The van der Waals surface area contributed by atoms with Crippen molar-refractivity contribution in [1.29, 1.82) is 0 Å². The summed E-state index contributed by atoms with van der Waals surface area (Å²) in [5.74, 6) is -0.382. The third-order valence-corrected chi connectivity index (χ3v) is 2.29. The van der Waals surface area contributed by atoms with Gasteiger partial charge in [0.25, 0.3) is 0 Å². The molecule has 0 aliphatic heterocycles. The Balaban J connectivity index is 2.31. The molecule has 3 nitrogen and oxygen atoms in total. The van der Waals surface area contributed by atoms with Crippen LogP contribution in [0.4, 0.5) is 0 Å². The van der Waals surface area contributed by atoms with Crippen LogP contribution in [0.1, 0.15) is 12.0 Å². The van der Waals surface area contributed by atoms with Crippen molar-refractivity contribution in [1.82, 2.24) is 0 Å². The van der Waals surface area contributed by atoms with Crippen molar-refractivity contribution < 1.29 is 14.3 Å². The lowest BCUT2D eigenvalue weighted by atomic mass is 10.2. The molecule has 0 aromatic heterocycles. The van der Waals surface area contributed by atoms with E-state index in [0.29, 0.717) is 6.29 Å². The third kappa shape index (κ3) is 4.74. The standard InChI is InChI=1S/C11H11BrO3/c12-10(7-13)6-11(14)15-8-9-4-2-1-3-5-9/h1-5,7,10H,6,8H2. The first-order valence-electron chi connectivity index (χ1n) is 4.51. The van der Waals surface area contributed by atoms with E-state index in [4.69, 9.17) is 4.74 Å². The molecule has 0 bridgehead atoms. The molecule has 1 aromatic rings. The lowest BCUT2D eigenvalue weighted by molar-refractivity contribution is -0.145. The summed E-state index contributed by atoms with van der Waals surface area (Å²) in [6.45, 7) is 0.248. The quantitative estimate of drug-likeness (QED) is 0.468. The Hall–Kier alpha value is -1.16. The highest BCUT2D eigenvalue weighted by atomic mass is 79.9. The van der Waals surface area contributed by atoms with E-state index in [0.717, 1.165) is 5.56 Å². The minimum atomic E-state index is -0.458. The molecule has 1 unspecified atom stereocenters. The fraction of sp³-hybridized carbons (Fsp3) is 0.273. The summed E-state index contributed by atoms with van der Waals surface area (Å²) in [6.07, 6.45) is 0.736. The molecule has 15 heavy (non-hydrogen) atoms. The molecule has 0 aliphatic carbocycles. The highest BCUT2D eigenvalue weighted by molar-refractivity contribution is 9.10. The number of halogens is 1. The summed E-state index contributed by atoms with van der Waals surface area (Å²) < 4.78 is 4.97.